The van der Waals surface area contributed by atoms with Crippen LogP contribution in [0.4, 0.5) is 13.2 Å². The monoisotopic (exact) mass is 496 g/mol. The topological polar surface area (TPSA) is 57.3 Å². The van der Waals surface area contributed by atoms with Crippen molar-refractivity contribution < 1.29 is 27.1 Å². The zero-order valence-electron chi connectivity index (χ0n) is 19.9. The number of imidazole rings is 1. The van der Waals surface area contributed by atoms with Crippen LogP contribution in [0.2, 0.25) is 0 Å². The van der Waals surface area contributed by atoms with E-state index >= 15 is 0 Å². The highest BCUT2D eigenvalue weighted by atomic mass is 19.4. The highest BCUT2D eigenvalue weighted by Gasteiger charge is 2.36. The summed E-state index contributed by atoms with van der Waals surface area (Å²) in [6.45, 7) is 1.94. The van der Waals surface area contributed by atoms with Crippen LogP contribution in [0.25, 0.3) is 22.7 Å². The Balaban J connectivity index is 1.56. The zero-order valence-corrected chi connectivity index (χ0v) is 19.9. The molecule has 0 saturated heterocycles. The van der Waals surface area contributed by atoms with E-state index in [4.69, 9.17) is 9.15 Å². The predicted molar refractivity (Wildman–Crippen MR) is 131 cm³/mol. The molecule has 8 heteroatoms. The standard InChI is InChI=1S/C28H27F3N2O3/c1-20(34)8-3-2-6-16-35-25-10-5-4-9-23(25)19-33-26(28(29,30)31)18-32-27(33)22-14-12-21(13-15-22)24-11-7-17-36-24/h4-5,7,9-15,17-18H,2-3,6,8,16,19H2,1H3. The molecule has 2 aromatic heterocycles. The number of alkyl halides is 3. The van der Waals surface area contributed by atoms with Crippen LogP contribution in [0, 0.1) is 0 Å². The molecule has 4 aromatic rings. The maximum Gasteiger partial charge on any atom is 0.433 e. The van der Waals surface area contributed by atoms with E-state index in [2.05, 4.69) is 4.98 Å². The number of para-hydroxylation sites is 1. The molecule has 0 N–H and O–H groups in total. The van der Waals surface area contributed by atoms with Gasteiger partial charge in [0, 0.05) is 23.1 Å². The number of nitrogens with zero attached hydrogens (tertiary/aromatic N) is 2. The first-order valence-electron chi connectivity index (χ1n) is 11.8. The van der Waals surface area contributed by atoms with Gasteiger partial charge in [0.2, 0.25) is 0 Å². The Hall–Kier alpha value is -3.81. The minimum absolute atomic E-state index is 0.0510. The van der Waals surface area contributed by atoms with Gasteiger partial charge in [0.05, 0.1) is 25.6 Å². The van der Waals surface area contributed by atoms with Crippen LogP contribution in [-0.4, -0.2) is 21.9 Å². The Bertz CT molecular complexity index is 1280. The molecule has 0 atom stereocenters. The lowest BCUT2D eigenvalue weighted by molar-refractivity contribution is -0.143. The molecule has 0 fully saturated rings. The highest BCUT2D eigenvalue weighted by molar-refractivity contribution is 5.75. The van der Waals surface area contributed by atoms with Gasteiger partial charge in [-0.05, 0) is 44.4 Å². The fourth-order valence-corrected chi connectivity index (χ4v) is 4.00. The summed E-state index contributed by atoms with van der Waals surface area (Å²) in [6.07, 6.45) is 0.819. The molecule has 0 saturated carbocycles. The summed E-state index contributed by atoms with van der Waals surface area (Å²) in [4.78, 5) is 15.2. The Morgan fingerprint density at radius 1 is 0.972 bits per heavy atom. The number of hydrogen-bond acceptors (Lipinski definition) is 4. The number of hydrogen-bond donors (Lipinski definition) is 0. The first-order chi connectivity index (χ1) is 17.3. The number of aromatic nitrogens is 2. The van der Waals surface area contributed by atoms with E-state index in [0.717, 1.165) is 31.0 Å². The Morgan fingerprint density at radius 2 is 1.72 bits per heavy atom. The average molecular weight is 497 g/mol. The van der Waals surface area contributed by atoms with Crippen LogP contribution in [0.1, 0.15) is 43.9 Å². The molecular weight excluding hydrogens is 469 g/mol. The van der Waals surface area contributed by atoms with Gasteiger partial charge >= 0.3 is 6.18 Å². The van der Waals surface area contributed by atoms with Crippen LogP contribution in [-0.2, 0) is 17.5 Å². The Labute approximate surface area is 207 Å². The van der Waals surface area contributed by atoms with Crippen LogP contribution in [0.3, 0.4) is 0 Å². The van der Waals surface area contributed by atoms with Crippen LogP contribution < -0.4 is 4.74 Å². The van der Waals surface area contributed by atoms with Crippen molar-refractivity contribution in [2.75, 3.05) is 6.61 Å². The summed E-state index contributed by atoms with van der Waals surface area (Å²) in [5.41, 5.74) is 1.18. The van der Waals surface area contributed by atoms with E-state index in [-0.39, 0.29) is 18.2 Å². The third kappa shape index (κ3) is 6.24. The van der Waals surface area contributed by atoms with Gasteiger partial charge in [-0.1, -0.05) is 42.5 Å². The van der Waals surface area contributed by atoms with E-state index in [9.17, 15) is 18.0 Å². The molecule has 0 unspecified atom stereocenters. The fourth-order valence-electron chi connectivity index (χ4n) is 4.00. The summed E-state index contributed by atoms with van der Waals surface area (Å²) in [6, 6.07) is 17.7. The number of halogens is 3. The largest absolute Gasteiger partial charge is 0.493 e. The number of Topliss-reactive ketones (excluding diaryl/α,β-unsaturated/α-hetero) is 1. The minimum atomic E-state index is -4.56. The maximum atomic E-state index is 13.9. The highest BCUT2D eigenvalue weighted by Crippen LogP contribution is 2.35. The quantitative estimate of drug-likeness (QED) is 0.203. The van der Waals surface area contributed by atoms with Crippen LogP contribution in [0.5, 0.6) is 5.75 Å². The summed E-state index contributed by atoms with van der Waals surface area (Å²) in [5, 5.41) is 0. The van der Waals surface area contributed by atoms with E-state index in [1.807, 2.05) is 6.07 Å². The lowest BCUT2D eigenvalue weighted by atomic mass is 10.1. The van der Waals surface area contributed by atoms with Gasteiger partial charge < -0.3 is 18.5 Å². The van der Waals surface area contributed by atoms with Crippen molar-refractivity contribution >= 4 is 5.78 Å². The summed E-state index contributed by atoms with van der Waals surface area (Å²) >= 11 is 0. The van der Waals surface area contributed by atoms with Crippen molar-refractivity contribution in [2.45, 2.75) is 45.3 Å². The first kappa shape index (κ1) is 25.3. The number of benzene rings is 2. The van der Waals surface area contributed by atoms with Crippen molar-refractivity contribution in [3.8, 4) is 28.5 Å². The minimum Gasteiger partial charge on any atom is -0.493 e. The summed E-state index contributed by atoms with van der Waals surface area (Å²) in [7, 11) is 0. The van der Waals surface area contributed by atoms with Crippen molar-refractivity contribution in [3.63, 3.8) is 0 Å². The first-order valence-corrected chi connectivity index (χ1v) is 11.8. The second kappa shape index (κ2) is 11.3. The molecule has 0 aliphatic rings. The predicted octanol–water partition coefficient (Wildman–Crippen LogP) is 7.41. The van der Waals surface area contributed by atoms with Crippen LogP contribution in [0.15, 0.2) is 77.5 Å². The normalized spacial score (nSPS) is 11.6. The van der Waals surface area contributed by atoms with Gasteiger partial charge in [-0.2, -0.15) is 13.2 Å². The van der Waals surface area contributed by atoms with Crippen molar-refractivity contribution in [3.05, 3.63) is 84.4 Å². The Kier molecular flexibility index (Phi) is 7.93. The number of rotatable bonds is 11. The molecule has 0 spiro atoms. The molecule has 0 radical (unpaired) electrons. The van der Waals surface area contributed by atoms with E-state index < -0.39 is 11.9 Å². The molecule has 5 nitrogen and oxygen atoms in total. The zero-order chi connectivity index (χ0) is 25.5. The van der Waals surface area contributed by atoms with Gasteiger partial charge in [0.15, 0.2) is 0 Å². The Morgan fingerprint density at radius 3 is 2.42 bits per heavy atom. The number of carbonyl (C=O) groups is 1. The molecule has 0 bridgehead atoms. The second-order valence-electron chi connectivity index (χ2n) is 8.57. The molecule has 0 aliphatic carbocycles. The number of furan rings is 1. The maximum absolute atomic E-state index is 13.9. The molecule has 0 amide bonds. The fraction of sp³-hybridized carbons (Fsp3) is 0.286. The van der Waals surface area contributed by atoms with Gasteiger partial charge in [-0.15, -0.1) is 0 Å². The molecular formula is C28H27F3N2O3. The molecule has 188 valence electrons. The smallest absolute Gasteiger partial charge is 0.433 e. The molecule has 36 heavy (non-hydrogen) atoms. The van der Waals surface area contributed by atoms with E-state index in [0.29, 0.717) is 35.7 Å². The van der Waals surface area contributed by atoms with Crippen LogP contribution >= 0.6 is 0 Å². The van der Waals surface area contributed by atoms with E-state index in [1.54, 1.807) is 67.8 Å². The summed E-state index contributed by atoms with van der Waals surface area (Å²) < 4.78 is 54.1. The van der Waals surface area contributed by atoms with Crippen molar-refractivity contribution in [1.82, 2.24) is 9.55 Å². The third-order valence-corrected chi connectivity index (χ3v) is 5.83. The molecule has 2 aromatic carbocycles. The number of unbranched alkanes of at least 4 members (excludes halogenated alkanes) is 2. The van der Waals surface area contributed by atoms with E-state index in [1.165, 1.54) is 4.57 Å². The van der Waals surface area contributed by atoms with Gasteiger partial charge in [-0.25, -0.2) is 4.98 Å². The van der Waals surface area contributed by atoms with Gasteiger partial charge in [0.25, 0.3) is 0 Å². The lowest BCUT2D eigenvalue weighted by Crippen LogP contribution is -2.15. The number of ether oxygens (including phenoxy) is 1. The number of carbonyl (C=O) groups excluding carboxylic acids is 1. The SMILES string of the molecule is CC(=O)CCCCCOc1ccccc1Cn1c(C(F)(F)F)cnc1-c1ccc(-c2ccco2)cc1. The van der Waals surface area contributed by atoms with Gasteiger partial charge in [-0.3, -0.25) is 0 Å². The van der Waals surface area contributed by atoms with Crippen molar-refractivity contribution in [2.24, 2.45) is 0 Å². The number of ketones is 1. The van der Waals surface area contributed by atoms with Crippen molar-refractivity contribution in [1.29, 1.82) is 0 Å². The second-order valence-corrected chi connectivity index (χ2v) is 8.57. The average Bonchev–Trinajstić information content (AvgIpc) is 3.53. The van der Waals surface area contributed by atoms with Gasteiger partial charge in [0.1, 0.15) is 28.8 Å². The molecule has 0 aliphatic heterocycles. The molecule has 2 heterocycles. The lowest BCUT2D eigenvalue weighted by Gasteiger charge is -2.17. The molecule has 4 rings (SSSR count). The third-order valence-electron chi connectivity index (χ3n) is 5.83. The summed E-state index contributed by atoms with van der Waals surface area (Å²) in [5.74, 6) is 1.58.